The summed E-state index contributed by atoms with van der Waals surface area (Å²) in [6.07, 6.45) is 1.52. The molecule has 0 amide bonds. The SMILES string of the molecule is N#CCCCC(=O)c1cccc2ccccc12. The van der Waals surface area contributed by atoms with E-state index in [0.717, 1.165) is 16.3 Å². The number of nitrogens with zero attached hydrogens (tertiary/aromatic N) is 1. The van der Waals surface area contributed by atoms with Crippen molar-refractivity contribution in [1.82, 2.24) is 0 Å². The van der Waals surface area contributed by atoms with Gasteiger partial charge < -0.3 is 0 Å². The van der Waals surface area contributed by atoms with Crippen LogP contribution in [0.15, 0.2) is 42.5 Å². The highest BCUT2D eigenvalue weighted by atomic mass is 16.1. The fourth-order valence-corrected chi connectivity index (χ4v) is 1.93. The summed E-state index contributed by atoms with van der Waals surface area (Å²) in [6.45, 7) is 0. The molecule has 2 nitrogen and oxygen atoms in total. The van der Waals surface area contributed by atoms with Crippen LogP contribution in [-0.4, -0.2) is 5.78 Å². The number of hydrogen-bond donors (Lipinski definition) is 0. The molecule has 0 aliphatic rings. The number of Topliss-reactive ketones (excluding diaryl/α,β-unsaturated/α-hetero) is 1. The Bertz CT molecular complexity index is 575. The van der Waals surface area contributed by atoms with Crippen LogP contribution in [0.3, 0.4) is 0 Å². The molecule has 0 saturated carbocycles. The van der Waals surface area contributed by atoms with Crippen molar-refractivity contribution in [2.24, 2.45) is 0 Å². The van der Waals surface area contributed by atoms with Crippen LogP contribution < -0.4 is 0 Å². The molecule has 17 heavy (non-hydrogen) atoms. The number of benzene rings is 2. The molecule has 2 heteroatoms. The average molecular weight is 223 g/mol. The minimum atomic E-state index is 0.122. The van der Waals surface area contributed by atoms with Crippen molar-refractivity contribution >= 4 is 16.6 Å². The first-order valence-corrected chi connectivity index (χ1v) is 5.71. The number of unbranched alkanes of at least 4 members (excludes halogenated alkanes) is 1. The Labute approximate surface area is 100 Å². The van der Waals surface area contributed by atoms with Crippen LogP contribution in [0.2, 0.25) is 0 Å². The predicted molar refractivity (Wildman–Crippen MR) is 67.7 cm³/mol. The van der Waals surface area contributed by atoms with Crippen molar-refractivity contribution in [3.05, 3.63) is 48.0 Å². The third kappa shape index (κ3) is 2.51. The molecular weight excluding hydrogens is 210 g/mol. The molecule has 0 aliphatic heterocycles. The average Bonchev–Trinajstić information content (AvgIpc) is 2.38. The van der Waals surface area contributed by atoms with E-state index in [9.17, 15) is 4.79 Å². The minimum absolute atomic E-state index is 0.122. The monoisotopic (exact) mass is 223 g/mol. The zero-order valence-corrected chi connectivity index (χ0v) is 9.52. The maximum Gasteiger partial charge on any atom is 0.163 e. The third-order valence-electron chi connectivity index (χ3n) is 2.78. The molecule has 0 radical (unpaired) electrons. The van der Waals surface area contributed by atoms with Crippen molar-refractivity contribution in [3.8, 4) is 6.07 Å². The number of carbonyl (C=O) groups is 1. The summed E-state index contributed by atoms with van der Waals surface area (Å²) in [7, 11) is 0. The van der Waals surface area contributed by atoms with E-state index in [4.69, 9.17) is 5.26 Å². The molecule has 2 aromatic carbocycles. The van der Waals surface area contributed by atoms with E-state index in [1.807, 2.05) is 42.5 Å². The van der Waals surface area contributed by atoms with Gasteiger partial charge in [-0.3, -0.25) is 4.79 Å². The van der Waals surface area contributed by atoms with Crippen LogP contribution in [0.1, 0.15) is 29.6 Å². The first-order chi connectivity index (χ1) is 8.33. The number of ketones is 1. The van der Waals surface area contributed by atoms with E-state index < -0.39 is 0 Å². The van der Waals surface area contributed by atoms with E-state index in [1.54, 1.807) is 0 Å². The second kappa shape index (κ2) is 5.27. The maximum absolute atomic E-state index is 12.0. The smallest absolute Gasteiger partial charge is 0.163 e. The van der Waals surface area contributed by atoms with Gasteiger partial charge in [-0.2, -0.15) is 5.26 Å². The van der Waals surface area contributed by atoms with E-state index >= 15 is 0 Å². The highest BCUT2D eigenvalue weighted by Crippen LogP contribution is 2.20. The molecular formula is C15H13NO. The van der Waals surface area contributed by atoms with Gasteiger partial charge in [0.2, 0.25) is 0 Å². The largest absolute Gasteiger partial charge is 0.294 e. The van der Waals surface area contributed by atoms with Gasteiger partial charge in [-0.05, 0) is 17.2 Å². The zero-order chi connectivity index (χ0) is 12.1. The highest BCUT2D eigenvalue weighted by Gasteiger charge is 2.08. The summed E-state index contributed by atoms with van der Waals surface area (Å²) in [5.74, 6) is 0.122. The Kier molecular flexibility index (Phi) is 3.52. The Morgan fingerprint density at radius 2 is 1.88 bits per heavy atom. The fraction of sp³-hybridized carbons (Fsp3) is 0.200. The normalized spacial score (nSPS) is 10.1. The second-order valence-electron chi connectivity index (χ2n) is 3.96. The summed E-state index contributed by atoms with van der Waals surface area (Å²) in [5, 5.41) is 10.5. The number of rotatable bonds is 4. The third-order valence-corrected chi connectivity index (χ3v) is 2.78. The number of hydrogen-bond acceptors (Lipinski definition) is 2. The summed E-state index contributed by atoms with van der Waals surface area (Å²) in [6, 6.07) is 15.7. The number of carbonyl (C=O) groups excluding carboxylic acids is 1. The van der Waals surface area contributed by atoms with Gasteiger partial charge in [0.15, 0.2) is 5.78 Å². The molecule has 2 rings (SSSR count). The molecule has 0 N–H and O–H groups in total. The maximum atomic E-state index is 12.0. The summed E-state index contributed by atoms with van der Waals surface area (Å²) in [4.78, 5) is 12.0. The van der Waals surface area contributed by atoms with Gasteiger partial charge in [0.1, 0.15) is 0 Å². The molecule has 0 aromatic heterocycles. The van der Waals surface area contributed by atoms with Gasteiger partial charge in [0.25, 0.3) is 0 Å². The van der Waals surface area contributed by atoms with Crippen LogP contribution in [0.4, 0.5) is 0 Å². The molecule has 0 saturated heterocycles. The lowest BCUT2D eigenvalue weighted by Gasteiger charge is -2.04. The van der Waals surface area contributed by atoms with Gasteiger partial charge in [0, 0.05) is 18.4 Å². The predicted octanol–water partition coefficient (Wildman–Crippen LogP) is 3.72. The Hall–Kier alpha value is -2.14. The lowest BCUT2D eigenvalue weighted by atomic mass is 9.99. The summed E-state index contributed by atoms with van der Waals surface area (Å²) >= 11 is 0. The van der Waals surface area contributed by atoms with Gasteiger partial charge in [-0.25, -0.2) is 0 Å². The van der Waals surface area contributed by atoms with Crippen LogP contribution in [0.25, 0.3) is 10.8 Å². The molecule has 0 unspecified atom stereocenters. The molecule has 84 valence electrons. The molecule has 0 heterocycles. The number of fused-ring (bicyclic) bond motifs is 1. The van der Waals surface area contributed by atoms with Gasteiger partial charge >= 0.3 is 0 Å². The van der Waals surface area contributed by atoms with Crippen molar-refractivity contribution in [1.29, 1.82) is 5.26 Å². The Balaban J connectivity index is 2.29. The first kappa shape index (κ1) is 11.3. The van der Waals surface area contributed by atoms with E-state index in [2.05, 4.69) is 6.07 Å². The summed E-state index contributed by atoms with van der Waals surface area (Å²) < 4.78 is 0. The topological polar surface area (TPSA) is 40.9 Å². The van der Waals surface area contributed by atoms with Crippen LogP contribution in [-0.2, 0) is 0 Å². The lowest BCUT2D eigenvalue weighted by molar-refractivity contribution is 0.0982. The van der Waals surface area contributed by atoms with Crippen molar-refractivity contribution in [3.63, 3.8) is 0 Å². The second-order valence-corrected chi connectivity index (χ2v) is 3.96. The van der Waals surface area contributed by atoms with E-state index in [-0.39, 0.29) is 5.78 Å². The fourth-order valence-electron chi connectivity index (χ4n) is 1.93. The van der Waals surface area contributed by atoms with Crippen molar-refractivity contribution in [2.45, 2.75) is 19.3 Å². The van der Waals surface area contributed by atoms with Crippen molar-refractivity contribution < 1.29 is 4.79 Å². The lowest BCUT2D eigenvalue weighted by Crippen LogP contribution is -1.99. The molecule has 0 atom stereocenters. The highest BCUT2D eigenvalue weighted by molar-refractivity contribution is 6.08. The first-order valence-electron chi connectivity index (χ1n) is 5.71. The number of nitriles is 1. The molecule has 0 bridgehead atoms. The zero-order valence-electron chi connectivity index (χ0n) is 9.52. The van der Waals surface area contributed by atoms with Gasteiger partial charge in [0.05, 0.1) is 6.07 Å². The summed E-state index contributed by atoms with van der Waals surface area (Å²) in [5.41, 5.74) is 0.765. The van der Waals surface area contributed by atoms with Gasteiger partial charge in [-0.1, -0.05) is 42.5 Å². The standard InChI is InChI=1S/C15H13NO/c16-11-4-3-10-15(17)14-9-5-7-12-6-1-2-8-13(12)14/h1-2,5-9H,3-4,10H2. The van der Waals surface area contributed by atoms with Crippen LogP contribution >= 0.6 is 0 Å². The molecule has 0 spiro atoms. The quantitative estimate of drug-likeness (QED) is 0.585. The van der Waals surface area contributed by atoms with Crippen molar-refractivity contribution in [2.75, 3.05) is 0 Å². The van der Waals surface area contributed by atoms with E-state index in [1.165, 1.54) is 0 Å². The Morgan fingerprint density at radius 3 is 2.71 bits per heavy atom. The minimum Gasteiger partial charge on any atom is -0.294 e. The molecule has 0 aliphatic carbocycles. The molecule has 0 fully saturated rings. The molecule has 2 aromatic rings. The van der Waals surface area contributed by atoms with Crippen LogP contribution in [0.5, 0.6) is 0 Å². The van der Waals surface area contributed by atoms with Gasteiger partial charge in [-0.15, -0.1) is 0 Å². The van der Waals surface area contributed by atoms with Crippen LogP contribution in [0, 0.1) is 11.3 Å². The van der Waals surface area contributed by atoms with E-state index in [0.29, 0.717) is 19.3 Å². The Morgan fingerprint density at radius 1 is 1.12 bits per heavy atom.